The van der Waals surface area contributed by atoms with Crippen molar-refractivity contribution in [3.05, 3.63) is 35.9 Å². The summed E-state index contributed by atoms with van der Waals surface area (Å²) in [5, 5.41) is 12.3. The molecular formula is C25H35N3O5. The predicted molar refractivity (Wildman–Crippen MR) is 122 cm³/mol. The Bertz CT molecular complexity index is 798. The molecule has 1 saturated heterocycles. The van der Waals surface area contributed by atoms with Gasteiger partial charge in [-0.2, -0.15) is 5.26 Å². The zero-order valence-corrected chi connectivity index (χ0v) is 19.5. The molecule has 2 amide bonds. The van der Waals surface area contributed by atoms with Crippen molar-refractivity contribution in [1.29, 1.82) is 5.26 Å². The summed E-state index contributed by atoms with van der Waals surface area (Å²) in [6.45, 7) is 4.36. The van der Waals surface area contributed by atoms with Gasteiger partial charge >= 0.3 is 6.09 Å². The number of hydrogen-bond donors (Lipinski definition) is 1. The average Bonchev–Trinajstić information content (AvgIpc) is 2.84. The highest BCUT2D eigenvalue weighted by Crippen LogP contribution is 2.40. The molecule has 0 spiro atoms. The third-order valence-electron chi connectivity index (χ3n) is 6.41. The minimum absolute atomic E-state index is 0.0541. The highest BCUT2D eigenvalue weighted by molar-refractivity contribution is 5.84. The summed E-state index contributed by atoms with van der Waals surface area (Å²) in [4.78, 5) is 27.4. The lowest BCUT2D eigenvalue weighted by Gasteiger charge is -2.36. The number of hydrogen-bond acceptors (Lipinski definition) is 6. The first kappa shape index (κ1) is 25.0. The fraction of sp³-hybridized carbons (Fsp3) is 0.640. The van der Waals surface area contributed by atoms with E-state index in [1.165, 1.54) is 6.42 Å². The van der Waals surface area contributed by atoms with E-state index in [4.69, 9.17) is 14.2 Å². The van der Waals surface area contributed by atoms with Crippen LogP contribution in [-0.4, -0.2) is 62.0 Å². The standard InChI is InChI=1S/C25H35N3O5/c1-25(10-6-3-7-11-25)16-22(33-24(30)28-12-14-31-15-13-28)23(29)27-21(17-26)19-32-18-20-8-4-2-5-9-20/h2,4-5,8-9,21-22H,3,6-7,10-16,18-19H2,1H3,(H,27,29)/t21-,22+/m1/s1. The van der Waals surface area contributed by atoms with Crippen LogP contribution < -0.4 is 5.32 Å². The summed E-state index contributed by atoms with van der Waals surface area (Å²) < 4.78 is 16.6. The summed E-state index contributed by atoms with van der Waals surface area (Å²) in [5.74, 6) is -0.446. The van der Waals surface area contributed by atoms with E-state index in [0.717, 1.165) is 31.2 Å². The molecule has 1 N–H and O–H groups in total. The van der Waals surface area contributed by atoms with Gasteiger partial charge in [0.2, 0.25) is 0 Å². The Morgan fingerprint density at radius 2 is 1.88 bits per heavy atom. The number of carbonyl (C=O) groups excluding carboxylic acids is 2. The van der Waals surface area contributed by atoms with Gasteiger partial charge in [0.05, 0.1) is 32.5 Å². The fourth-order valence-electron chi connectivity index (χ4n) is 4.43. The molecule has 1 aromatic rings. The van der Waals surface area contributed by atoms with Gasteiger partial charge in [0.1, 0.15) is 6.04 Å². The normalized spacial score (nSPS) is 19.7. The van der Waals surface area contributed by atoms with Crippen LogP contribution in [0.3, 0.4) is 0 Å². The molecule has 2 fully saturated rings. The van der Waals surface area contributed by atoms with Crippen molar-refractivity contribution in [2.75, 3.05) is 32.9 Å². The molecule has 1 aliphatic heterocycles. The second kappa shape index (κ2) is 12.6. The lowest BCUT2D eigenvalue weighted by atomic mass is 9.72. The Kier molecular flexibility index (Phi) is 9.52. The Hall–Kier alpha value is -2.63. The molecule has 3 rings (SSSR count). The summed E-state index contributed by atoms with van der Waals surface area (Å²) in [6, 6.07) is 10.9. The largest absolute Gasteiger partial charge is 0.436 e. The van der Waals surface area contributed by atoms with E-state index < -0.39 is 24.1 Å². The maximum atomic E-state index is 13.1. The van der Waals surface area contributed by atoms with E-state index in [-0.39, 0.29) is 12.0 Å². The van der Waals surface area contributed by atoms with Gasteiger partial charge in [-0.25, -0.2) is 4.79 Å². The first-order valence-corrected chi connectivity index (χ1v) is 11.8. The van der Waals surface area contributed by atoms with Crippen LogP contribution in [0, 0.1) is 16.7 Å². The molecule has 0 radical (unpaired) electrons. The molecule has 1 aliphatic carbocycles. The van der Waals surface area contributed by atoms with Crippen molar-refractivity contribution < 1.29 is 23.8 Å². The van der Waals surface area contributed by atoms with Crippen molar-refractivity contribution in [2.24, 2.45) is 5.41 Å². The molecule has 33 heavy (non-hydrogen) atoms. The highest BCUT2D eigenvalue weighted by atomic mass is 16.6. The number of benzene rings is 1. The third-order valence-corrected chi connectivity index (χ3v) is 6.41. The van der Waals surface area contributed by atoms with Crippen molar-refractivity contribution in [2.45, 2.75) is 64.2 Å². The van der Waals surface area contributed by atoms with Crippen molar-refractivity contribution in [3.8, 4) is 6.07 Å². The number of nitrogens with zero attached hydrogens (tertiary/aromatic N) is 2. The monoisotopic (exact) mass is 457 g/mol. The zero-order valence-electron chi connectivity index (χ0n) is 19.5. The molecule has 0 bridgehead atoms. The summed E-state index contributed by atoms with van der Waals surface area (Å²) in [5.41, 5.74) is 0.917. The van der Waals surface area contributed by atoms with Gasteiger partial charge in [0, 0.05) is 13.1 Å². The first-order chi connectivity index (χ1) is 16.0. The van der Waals surface area contributed by atoms with Crippen LogP contribution >= 0.6 is 0 Å². The minimum atomic E-state index is -0.951. The van der Waals surface area contributed by atoms with E-state index in [1.54, 1.807) is 4.90 Å². The molecule has 0 aromatic heterocycles. The second-order valence-electron chi connectivity index (χ2n) is 9.24. The number of ether oxygens (including phenoxy) is 3. The highest BCUT2D eigenvalue weighted by Gasteiger charge is 2.36. The molecule has 1 saturated carbocycles. The topological polar surface area (TPSA) is 101 Å². The maximum Gasteiger partial charge on any atom is 0.410 e. The van der Waals surface area contributed by atoms with Crippen LogP contribution in [0.15, 0.2) is 30.3 Å². The summed E-state index contributed by atoms with van der Waals surface area (Å²) >= 11 is 0. The minimum Gasteiger partial charge on any atom is -0.436 e. The van der Waals surface area contributed by atoms with Gasteiger partial charge < -0.3 is 24.4 Å². The zero-order chi connectivity index (χ0) is 23.5. The SMILES string of the molecule is CC1(C[C@H](OC(=O)N2CCOCC2)C(=O)N[C@H](C#N)COCc2ccccc2)CCCCC1. The third kappa shape index (κ3) is 8.02. The Balaban J connectivity index is 1.59. The van der Waals surface area contributed by atoms with Crippen LogP contribution in [0.25, 0.3) is 0 Å². The Morgan fingerprint density at radius 1 is 1.18 bits per heavy atom. The van der Waals surface area contributed by atoms with Crippen LogP contribution in [0.5, 0.6) is 0 Å². The lowest BCUT2D eigenvalue weighted by molar-refractivity contribution is -0.133. The number of carbonyl (C=O) groups is 2. The van der Waals surface area contributed by atoms with Crippen LogP contribution in [0.2, 0.25) is 0 Å². The fourth-order valence-corrected chi connectivity index (χ4v) is 4.43. The predicted octanol–water partition coefficient (Wildman–Crippen LogP) is 3.41. The van der Waals surface area contributed by atoms with Gasteiger partial charge in [-0.05, 0) is 30.2 Å². The van der Waals surface area contributed by atoms with Crippen molar-refractivity contribution >= 4 is 12.0 Å². The molecule has 2 atom stereocenters. The number of nitriles is 1. The first-order valence-electron chi connectivity index (χ1n) is 11.8. The summed E-state index contributed by atoms with van der Waals surface area (Å²) in [6.07, 6.45) is 4.38. The number of morpholine rings is 1. The average molecular weight is 458 g/mol. The van der Waals surface area contributed by atoms with Gasteiger partial charge in [-0.15, -0.1) is 0 Å². The van der Waals surface area contributed by atoms with E-state index in [9.17, 15) is 14.9 Å². The molecule has 1 heterocycles. The maximum absolute atomic E-state index is 13.1. The van der Waals surface area contributed by atoms with Crippen LogP contribution in [-0.2, 0) is 25.6 Å². The van der Waals surface area contributed by atoms with E-state index in [2.05, 4.69) is 18.3 Å². The lowest BCUT2D eigenvalue weighted by Crippen LogP contribution is -2.49. The Morgan fingerprint density at radius 3 is 2.55 bits per heavy atom. The van der Waals surface area contributed by atoms with Crippen LogP contribution in [0.1, 0.15) is 51.0 Å². The summed E-state index contributed by atoms with van der Waals surface area (Å²) in [7, 11) is 0. The molecule has 8 heteroatoms. The molecule has 2 aliphatic rings. The molecule has 1 aromatic carbocycles. The number of rotatable bonds is 9. The van der Waals surface area contributed by atoms with Gasteiger partial charge in [0.25, 0.3) is 5.91 Å². The van der Waals surface area contributed by atoms with Gasteiger partial charge in [-0.1, -0.05) is 56.5 Å². The molecule has 180 valence electrons. The van der Waals surface area contributed by atoms with E-state index in [0.29, 0.717) is 39.3 Å². The second-order valence-corrected chi connectivity index (χ2v) is 9.24. The Labute approximate surface area is 196 Å². The van der Waals surface area contributed by atoms with Crippen molar-refractivity contribution in [1.82, 2.24) is 10.2 Å². The van der Waals surface area contributed by atoms with E-state index >= 15 is 0 Å². The smallest absolute Gasteiger partial charge is 0.410 e. The van der Waals surface area contributed by atoms with Gasteiger partial charge in [0.15, 0.2) is 6.10 Å². The van der Waals surface area contributed by atoms with E-state index in [1.807, 2.05) is 30.3 Å². The van der Waals surface area contributed by atoms with Crippen LogP contribution in [0.4, 0.5) is 4.79 Å². The number of nitrogens with one attached hydrogen (secondary N) is 1. The quantitative estimate of drug-likeness (QED) is 0.610. The van der Waals surface area contributed by atoms with Crippen molar-refractivity contribution in [3.63, 3.8) is 0 Å². The van der Waals surface area contributed by atoms with Gasteiger partial charge in [-0.3, -0.25) is 4.79 Å². The molecule has 8 nitrogen and oxygen atoms in total. The molecule has 0 unspecified atom stereocenters. The number of amides is 2. The molecular weight excluding hydrogens is 422 g/mol.